The Labute approximate surface area is 215 Å². The fourth-order valence-electron chi connectivity index (χ4n) is 4.91. The lowest BCUT2D eigenvalue weighted by atomic mass is 9.84. The number of hydrogen-bond donors (Lipinski definition) is 1. The summed E-state index contributed by atoms with van der Waals surface area (Å²) in [4.78, 5) is 21.1. The molecule has 1 unspecified atom stereocenters. The highest BCUT2D eigenvalue weighted by molar-refractivity contribution is 5.94. The van der Waals surface area contributed by atoms with Crippen LogP contribution < -0.4 is 5.73 Å². The molecule has 0 radical (unpaired) electrons. The number of allylic oxidation sites excluding steroid dienone is 4. The van der Waals surface area contributed by atoms with Crippen LogP contribution in [0.1, 0.15) is 55.8 Å². The molecule has 1 aliphatic carbocycles. The van der Waals surface area contributed by atoms with Gasteiger partial charge in [0.25, 0.3) is 5.91 Å². The maximum Gasteiger partial charge on any atom is 0.254 e. The van der Waals surface area contributed by atoms with E-state index in [-0.39, 0.29) is 17.4 Å². The summed E-state index contributed by atoms with van der Waals surface area (Å²) >= 11 is 0. The molecule has 2 atom stereocenters. The molecule has 5 heteroatoms. The van der Waals surface area contributed by atoms with E-state index in [1.54, 1.807) is 0 Å². The van der Waals surface area contributed by atoms with Gasteiger partial charge >= 0.3 is 0 Å². The zero-order valence-corrected chi connectivity index (χ0v) is 21.7. The van der Waals surface area contributed by atoms with Crippen LogP contribution in [0.25, 0.3) is 11.3 Å². The van der Waals surface area contributed by atoms with Crippen molar-refractivity contribution in [3.05, 3.63) is 103 Å². The Morgan fingerprint density at radius 2 is 1.78 bits per heavy atom. The van der Waals surface area contributed by atoms with Crippen molar-refractivity contribution in [2.24, 2.45) is 17.1 Å². The molecule has 1 aromatic heterocycles. The van der Waals surface area contributed by atoms with E-state index in [9.17, 15) is 4.79 Å². The molecule has 3 aromatic rings. The number of carbonyl (C=O) groups excluding carboxylic acids is 1. The number of rotatable bonds is 9. The first kappa shape index (κ1) is 25.6. The third kappa shape index (κ3) is 6.03. The van der Waals surface area contributed by atoms with Crippen molar-refractivity contribution < 1.29 is 4.79 Å². The molecule has 0 spiro atoms. The van der Waals surface area contributed by atoms with Crippen molar-refractivity contribution in [3.63, 3.8) is 0 Å². The molecule has 0 fully saturated rings. The summed E-state index contributed by atoms with van der Waals surface area (Å²) in [5.41, 5.74) is 8.37. The average molecular weight is 483 g/mol. The third-order valence-corrected chi connectivity index (χ3v) is 6.64. The summed E-state index contributed by atoms with van der Waals surface area (Å²) < 4.78 is 2.28. The minimum Gasteiger partial charge on any atom is -0.332 e. The predicted molar refractivity (Wildman–Crippen MR) is 147 cm³/mol. The van der Waals surface area contributed by atoms with Gasteiger partial charge in [0.15, 0.2) is 0 Å². The van der Waals surface area contributed by atoms with Gasteiger partial charge in [-0.3, -0.25) is 4.79 Å². The van der Waals surface area contributed by atoms with Crippen molar-refractivity contribution in [2.45, 2.75) is 46.2 Å². The minimum atomic E-state index is -0.252. The maximum absolute atomic E-state index is 13.9. The summed E-state index contributed by atoms with van der Waals surface area (Å²) in [5.74, 6) is 1.32. The number of aromatic nitrogens is 2. The first-order valence-electron chi connectivity index (χ1n) is 12.9. The number of nitrogens with zero attached hydrogens (tertiary/aromatic N) is 3. The highest BCUT2D eigenvalue weighted by Gasteiger charge is 2.38. The molecule has 2 N–H and O–H groups in total. The SMILES string of the molecule is CC(C)(C)[C@H](c1nc(-c2ccccc2)cn1CC1C=CC=CC1)N(CCCN)C(=O)c1ccccc1. The van der Waals surface area contributed by atoms with Gasteiger partial charge in [-0.25, -0.2) is 4.98 Å². The van der Waals surface area contributed by atoms with Crippen molar-refractivity contribution in [1.29, 1.82) is 0 Å². The van der Waals surface area contributed by atoms with Crippen molar-refractivity contribution >= 4 is 5.91 Å². The van der Waals surface area contributed by atoms with Crippen LogP contribution in [0.4, 0.5) is 0 Å². The Hall–Kier alpha value is -3.44. The smallest absolute Gasteiger partial charge is 0.254 e. The van der Waals surface area contributed by atoms with Gasteiger partial charge in [-0.1, -0.05) is 93.6 Å². The first-order valence-corrected chi connectivity index (χ1v) is 12.9. The molecule has 0 bridgehead atoms. The first-order chi connectivity index (χ1) is 17.4. The summed E-state index contributed by atoms with van der Waals surface area (Å²) in [5, 5.41) is 0. The maximum atomic E-state index is 13.9. The van der Waals surface area contributed by atoms with Crippen LogP contribution in [0.5, 0.6) is 0 Å². The van der Waals surface area contributed by atoms with Gasteiger partial charge in [-0.2, -0.15) is 0 Å². The molecule has 5 nitrogen and oxygen atoms in total. The van der Waals surface area contributed by atoms with Crippen LogP contribution in [0, 0.1) is 11.3 Å². The van der Waals surface area contributed by atoms with Gasteiger partial charge in [0.1, 0.15) is 5.82 Å². The van der Waals surface area contributed by atoms with Gasteiger partial charge < -0.3 is 15.2 Å². The molecule has 36 heavy (non-hydrogen) atoms. The van der Waals surface area contributed by atoms with Crippen LogP contribution in [0.2, 0.25) is 0 Å². The second kappa shape index (κ2) is 11.5. The molecular weight excluding hydrogens is 444 g/mol. The Balaban J connectivity index is 1.82. The molecule has 1 heterocycles. The van der Waals surface area contributed by atoms with E-state index in [0.29, 0.717) is 24.6 Å². The number of benzene rings is 2. The summed E-state index contributed by atoms with van der Waals surface area (Å²) in [6, 6.07) is 19.6. The van der Waals surface area contributed by atoms with Crippen molar-refractivity contribution in [3.8, 4) is 11.3 Å². The van der Waals surface area contributed by atoms with Crippen molar-refractivity contribution in [2.75, 3.05) is 13.1 Å². The molecular formula is C31H38N4O. The number of nitrogens with two attached hydrogens (primary N) is 1. The predicted octanol–water partition coefficient (Wildman–Crippen LogP) is 6.26. The highest BCUT2D eigenvalue weighted by atomic mass is 16.2. The van der Waals surface area contributed by atoms with Crippen LogP contribution in [-0.4, -0.2) is 33.4 Å². The Kier molecular flexibility index (Phi) is 8.21. The average Bonchev–Trinajstić information content (AvgIpc) is 3.29. The normalized spacial score (nSPS) is 16.2. The van der Waals surface area contributed by atoms with E-state index in [1.807, 2.05) is 53.4 Å². The molecule has 2 aromatic carbocycles. The number of imidazole rings is 1. The van der Waals surface area contributed by atoms with Gasteiger partial charge in [0, 0.05) is 30.4 Å². The van der Waals surface area contributed by atoms with Gasteiger partial charge in [0.05, 0.1) is 11.7 Å². The van der Waals surface area contributed by atoms with Crippen LogP contribution >= 0.6 is 0 Å². The third-order valence-electron chi connectivity index (χ3n) is 6.64. The number of amides is 1. The van der Waals surface area contributed by atoms with E-state index in [2.05, 4.69) is 68.0 Å². The second-order valence-electron chi connectivity index (χ2n) is 10.6. The second-order valence-corrected chi connectivity index (χ2v) is 10.6. The Morgan fingerprint density at radius 3 is 2.39 bits per heavy atom. The molecule has 188 valence electrons. The molecule has 0 saturated heterocycles. The fraction of sp³-hybridized carbons (Fsp3) is 0.355. The van der Waals surface area contributed by atoms with E-state index in [0.717, 1.165) is 36.5 Å². The van der Waals surface area contributed by atoms with E-state index in [1.165, 1.54) is 0 Å². The molecule has 0 aliphatic heterocycles. The lowest BCUT2D eigenvalue weighted by Crippen LogP contribution is -2.43. The van der Waals surface area contributed by atoms with Gasteiger partial charge in [-0.05, 0) is 42.9 Å². The van der Waals surface area contributed by atoms with E-state index in [4.69, 9.17) is 10.7 Å². The zero-order chi connectivity index (χ0) is 25.5. The molecule has 4 rings (SSSR count). The zero-order valence-electron chi connectivity index (χ0n) is 21.7. The lowest BCUT2D eigenvalue weighted by molar-refractivity contribution is 0.0480. The van der Waals surface area contributed by atoms with Gasteiger partial charge in [0.2, 0.25) is 0 Å². The highest BCUT2D eigenvalue weighted by Crippen LogP contribution is 2.40. The van der Waals surface area contributed by atoms with E-state index >= 15 is 0 Å². The number of carbonyl (C=O) groups is 1. The minimum absolute atomic E-state index is 0.0141. The molecule has 1 amide bonds. The Morgan fingerprint density at radius 1 is 1.08 bits per heavy atom. The fourth-order valence-corrected chi connectivity index (χ4v) is 4.91. The summed E-state index contributed by atoms with van der Waals surface area (Å²) in [6.07, 6.45) is 12.6. The standard InChI is InChI=1S/C31H38N4O/c1-31(2,3)28(35(21-13-20-32)30(36)26-18-11-6-12-19-26)29-33-27(25-16-9-5-10-17-25)23-34(29)22-24-14-7-4-8-15-24/h4-12,14,16-19,23-24,28H,13,15,20-22,32H2,1-3H3/t24?,28-/m0/s1. The number of hydrogen-bond acceptors (Lipinski definition) is 3. The van der Waals surface area contributed by atoms with Gasteiger partial charge in [-0.15, -0.1) is 0 Å². The lowest BCUT2D eigenvalue weighted by Gasteiger charge is -2.40. The van der Waals surface area contributed by atoms with Crippen LogP contribution in [0.3, 0.4) is 0 Å². The largest absolute Gasteiger partial charge is 0.332 e. The monoisotopic (exact) mass is 482 g/mol. The molecule has 1 aliphatic rings. The molecule has 0 saturated carbocycles. The quantitative estimate of drug-likeness (QED) is 0.391. The topological polar surface area (TPSA) is 64.2 Å². The Bertz CT molecular complexity index is 1190. The summed E-state index contributed by atoms with van der Waals surface area (Å²) in [7, 11) is 0. The van der Waals surface area contributed by atoms with Crippen molar-refractivity contribution in [1.82, 2.24) is 14.5 Å². The summed E-state index contributed by atoms with van der Waals surface area (Å²) in [6.45, 7) is 8.48. The van der Waals surface area contributed by atoms with Crippen LogP contribution in [-0.2, 0) is 6.54 Å². The van der Waals surface area contributed by atoms with Crippen LogP contribution in [0.15, 0.2) is 91.2 Å². The van der Waals surface area contributed by atoms with E-state index < -0.39 is 0 Å².